The second kappa shape index (κ2) is 7.61. The van der Waals surface area contributed by atoms with Gasteiger partial charge < -0.3 is 14.6 Å². The lowest BCUT2D eigenvalue weighted by Crippen LogP contribution is -2.06. The van der Waals surface area contributed by atoms with Crippen LogP contribution in [-0.4, -0.2) is 19.3 Å². The molecule has 0 amide bonds. The number of aliphatic hydroxyl groups excluding tert-OH is 1. The monoisotopic (exact) mass is 286 g/mol. The molecule has 2 atom stereocenters. The molecule has 0 aromatic heterocycles. The van der Waals surface area contributed by atoms with Gasteiger partial charge in [-0.05, 0) is 18.4 Å². The number of hydrogen-bond acceptors (Lipinski definition) is 3. The highest BCUT2D eigenvalue weighted by molar-refractivity contribution is 6.33. The number of methoxy groups -OCH3 is 2. The van der Waals surface area contributed by atoms with Crippen molar-refractivity contribution in [2.24, 2.45) is 5.92 Å². The average Bonchev–Trinajstić information content (AvgIpc) is 2.38. The van der Waals surface area contributed by atoms with E-state index >= 15 is 0 Å². The maximum atomic E-state index is 10.3. The molecule has 0 spiro atoms. The van der Waals surface area contributed by atoms with Crippen molar-refractivity contribution in [2.45, 2.75) is 39.2 Å². The van der Waals surface area contributed by atoms with Gasteiger partial charge in [-0.1, -0.05) is 44.4 Å². The third-order valence-corrected chi connectivity index (χ3v) is 3.67. The van der Waals surface area contributed by atoms with Gasteiger partial charge in [-0.2, -0.15) is 0 Å². The van der Waals surface area contributed by atoms with Crippen LogP contribution in [-0.2, 0) is 0 Å². The Morgan fingerprint density at radius 1 is 1.26 bits per heavy atom. The average molecular weight is 287 g/mol. The van der Waals surface area contributed by atoms with Crippen molar-refractivity contribution in [1.29, 1.82) is 0 Å². The fourth-order valence-electron chi connectivity index (χ4n) is 2.28. The number of rotatable bonds is 7. The van der Waals surface area contributed by atoms with Crippen molar-refractivity contribution >= 4 is 11.6 Å². The standard InChI is InChI=1S/C15H23ClO3/c1-5-6-10(2)9-12(17)11-7-8-13(18-3)15(19-4)14(11)16/h7-8,10,12,17H,5-6,9H2,1-4H3. The third kappa shape index (κ3) is 4.02. The molecule has 1 aromatic rings. The zero-order valence-corrected chi connectivity index (χ0v) is 12.8. The highest BCUT2D eigenvalue weighted by Gasteiger charge is 2.20. The summed E-state index contributed by atoms with van der Waals surface area (Å²) in [7, 11) is 3.10. The summed E-state index contributed by atoms with van der Waals surface area (Å²) in [5.74, 6) is 1.51. The Hall–Kier alpha value is -0.930. The molecule has 0 saturated heterocycles. The molecule has 3 nitrogen and oxygen atoms in total. The maximum absolute atomic E-state index is 10.3. The first-order valence-corrected chi connectivity index (χ1v) is 7.01. The summed E-state index contributed by atoms with van der Waals surface area (Å²) in [6, 6.07) is 3.57. The van der Waals surface area contributed by atoms with Gasteiger partial charge in [0.25, 0.3) is 0 Å². The Kier molecular flexibility index (Phi) is 6.46. The molecule has 1 N–H and O–H groups in total. The molecule has 0 radical (unpaired) electrons. The van der Waals surface area contributed by atoms with E-state index in [9.17, 15) is 5.11 Å². The Bertz CT molecular complexity index is 407. The van der Waals surface area contributed by atoms with E-state index in [1.807, 2.05) is 0 Å². The van der Waals surface area contributed by atoms with Gasteiger partial charge in [0, 0.05) is 5.56 Å². The molecule has 0 heterocycles. The first kappa shape index (κ1) is 16.1. The quantitative estimate of drug-likeness (QED) is 0.816. The zero-order chi connectivity index (χ0) is 14.4. The van der Waals surface area contributed by atoms with E-state index in [1.54, 1.807) is 26.4 Å². The number of ether oxygens (including phenoxy) is 2. The highest BCUT2D eigenvalue weighted by atomic mass is 35.5. The van der Waals surface area contributed by atoms with Crippen LogP contribution in [0.1, 0.15) is 44.8 Å². The van der Waals surface area contributed by atoms with Crippen LogP contribution in [0.25, 0.3) is 0 Å². The van der Waals surface area contributed by atoms with E-state index in [1.165, 1.54) is 0 Å². The zero-order valence-electron chi connectivity index (χ0n) is 12.1. The minimum absolute atomic E-state index is 0.429. The molecular formula is C15H23ClO3. The fourth-order valence-corrected chi connectivity index (χ4v) is 2.64. The molecule has 1 rings (SSSR count). The molecule has 0 aliphatic rings. The van der Waals surface area contributed by atoms with Gasteiger partial charge in [-0.25, -0.2) is 0 Å². The van der Waals surface area contributed by atoms with E-state index in [2.05, 4.69) is 13.8 Å². The van der Waals surface area contributed by atoms with Crippen molar-refractivity contribution < 1.29 is 14.6 Å². The van der Waals surface area contributed by atoms with Gasteiger partial charge in [0.1, 0.15) is 0 Å². The predicted octanol–water partition coefficient (Wildman–Crippen LogP) is 4.22. The molecule has 0 aliphatic heterocycles. The van der Waals surface area contributed by atoms with Gasteiger partial charge in [-0.3, -0.25) is 0 Å². The molecule has 1 aromatic carbocycles. The molecule has 0 fully saturated rings. The van der Waals surface area contributed by atoms with Gasteiger partial charge in [0.2, 0.25) is 0 Å². The molecule has 0 bridgehead atoms. The Morgan fingerprint density at radius 2 is 1.95 bits per heavy atom. The minimum atomic E-state index is -0.575. The van der Waals surface area contributed by atoms with Gasteiger partial charge in [0.15, 0.2) is 11.5 Å². The van der Waals surface area contributed by atoms with Crippen LogP contribution in [0.2, 0.25) is 5.02 Å². The highest BCUT2D eigenvalue weighted by Crippen LogP contribution is 2.40. The van der Waals surface area contributed by atoms with Crippen molar-refractivity contribution in [3.05, 3.63) is 22.7 Å². The lowest BCUT2D eigenvalue weighted by Gasteiger charge is -2.19. The Labute approximate surface area is 120 Å². The minimum Gasteiger partial charge on any atom is -0.493 e. The molecule has 0 saturated carbocycles. The summed E-state index contributed by atoms with van der Waals surface area (Å²) < 4.78 is 10.4. The van der Waals surface area contributed by atoms with Crippen molar-refractivity contribution in [2.75, 3.05) is 14.2 Å². The second-order valence-electron chi connectivity index (χ2n) is 4.85. The van der Waals surface area contributed by atoms with Gasteiger partial charge in [0.05, 0.1) is 25.3 Å². The Morgan fingerprint density at radius 3 is 2.47 bits per heavy atom. The maximum Gasteiger partial charge on any atom is 0.179 e. The predicted molar refractivity (Wildman–Crippen MR) is 78.2 cm³/mol. The first-order valence-electron chi connectivity index (χ1n) is 6.63. The summed E-state index contributed by atoms with van der Waals surface area (Å²) in [6.07, 6.45) is 2.34. The van der Waals surface area contributed by atoms with E-state index in [0.717, 1.165) is 12.8 Å². The van der Waals surface area contributed by atoms with Crippen LogP contribution in [0.5, 0.6) is 11.5 Å². The fraction of sp³-hybridized carbons (Fsp3) is 0.600. The second-order valence-corrected chi connectivity index (χ2v) is 5.23. The topological polar surface area (TPSA) is 38.7 Å². The summed E-state index contributed by atoms with van der Waals surface area (Å²) in [5.41, 5.74) is 0.697. The molecular weight excluding hydrogens is 264 g/mol. The molecule has 4 heteroatoms. The van der Waals surface area contributed by atoms with Crippen LogP contribution in [0.4, 0.5) is 0 Å². The third-order valence-electron chi connectivity index (χ3n) is 3.28. The first-order chi connectivity index (χ1) is 9.04. The van der Waals surface area contributed by atoms with Gasteiger partial charge >= 0.3 is 0 Å². The molecule has 108 valence electrons. The Balaban J connectivity index is 2.94. The number of halogens is 1. The largest absolute Gasteiger partial charge is 0.493 e. The van der Waals surface area contributed by atoms with Crippen molar-refractivity contribution in [1.82, 2.24) is 0 Å². The summed E-state index contributed by atoms with van der Waals surface area (Å²) >= 11 is 6.28. The number of benzene rings is 1. The smallest absolute Gasteiger partial charge is 0.179 e. The summed E-state index contributed by atoms with van der Waals surface area (Å²) in [5, 5.41) is 10.7. The summed E-state index contributed by atoms with van der Waals surface area (Å²) in [6.45, 7) is 4.29. The lowest BCUT2D eigenvalue weighted by atomic mass is 9.94. The normalized spacial score (nSPS) is 14.0. The summed E-state index contributed by atoms with van der Waals surface area (Å²) in [4.78, 5) is 0. The van der Waals surface area contributed by atoms with Gasteiger partial charge in [-0.15, -0.1) is 0 Å². The van der Waals surface area contributed by atoms with Crippen LogP contribution in [0.3, 0.4) is 0 Å². The van der Waals surface area contributed by atoms with Crippen LogP contribution in [0.15, 0.2) is 12.1 Å². The van der Waals surface area contributed by atoms with Crippen LogP contribution in [0, 0.1) is 5.92 Å². The van der Waals surface area contributed by atoms with E-state index in [4.69, 9.17) is 21.1 Å². The van der Waals surface area contributed by atoms with E-state index < -0.39 is 6.10 Å². The molecule has 19 heavy (non-hydrogen) atoms. The molecule has 0 aliphatic carbocycles. The van der Waals surface area contributed by atoms with Crippen molar-refractivity contribution in [3.8, 4) is 11.5 Å². The number of hydrogen-bond donors (Lipinski definition) is 1. The van der Waals surface area contributed by atoms with E-state index in [0.29, 0.717) is 34.4 Å². The molecule has 2 unspecified atom stereocenters. The van der Waals surface area contributed by atoms with Crippen LogP contribution >= 0.6 is 11.6 Å². The lowest BCUT2D eigenvalue weighted by molar-refractivity contribution is 0.145. The van der Waals surface area contributed by atoms with E-state index in [-0.39, 0.29) is 0 Å². The van der Waals surface area contributed by atoms with Crippen molar-refractivity contribution in [3.63, 3.8) is 0 Å². The number of aliphatic hydroxyl groups is 1. The van der Waals surface area contributed by atoms with Crippen LogP contribution < -0.4 is 9.47 Å². The SMILES string of the molecule is CCCC(C)CC(O)c1ccc(OC)c(OC)c1Cl.